The van der Waals surface area contributed by atoms with Crippen LogP contribution in [0.1, 0.15) is 12.0 Å². The van der Waals surface area contributed by atoms with Gasteiger partial charge < -0.3 is 4.90 Å². The highest BCUT2D eigenvalue weighted by Gasteiger charge is 2.14. The molecule has 1 nitrogen and oxygen atoms in total. The molecule has 0 fully saturated rings. The van der Waals surface area contributed by atoms with Crippen LogP contribution in [0.15, 0.2) is 60.4 Å². The van der Waals surface area contributed by atoms with Gasteiger partial charge in [-0.3, -0.25) is 0 Å². The normalized spacial score (nSPS) is 11.5. The fourth-order valence-corrected chi connectivity index (χ4v) is 5.10. The predicted octanol–water partition coefficient (Wildman–Crippen LogP) is 8.05. The fraction of sp³-hybridized carbons (Fsp3) is 0.238. The maximum atomic E-state index is 3.84. The molecule has 0 amide bonds. The molecule has 0 spiro atoms. The lowest BCUT2D eigenvalue weighted by atomic mass is 9.98. The standard InChI is InChI=1S/C21H19Br4N/c1-26(2)9-3-4-13-5-7-15-16(10-13)20(24)12-18(21(15)25)17-11-14(22)6-8-19(17)23/h5-8,10-12H,3-4,9H2,1-2H3. The van der Waals surface area contributed by atoms with Gasteiger partial charge in [0.05, 0.1) is 0 Å². The SMILES string of the molecule is CN(C)CCCc1ccc2c(Br)c(-c3cc(Br)ccc3Br)cc(Br)c2c1. The topological polar surface area (TPSA) is 3.24 Å². The number of aryl methyl sites for hydroxylation is 1. The Morgan fingerprint density at radius 3 is 2.27 bits per heavy atom. The molecule has 3 aromatic carbocycles. The number of nitrogens with zero attached hydrogens (tertiary/aromatic N) is 1. The van der Waals surface area contributed by atoms with Gasteiger partial charge in [0, 0.05) is 17.9 Å². The van der Waals surface area contributed by atoms with E-state index in [1.165, 1.54) is 22.8 Å². The quantitative estimate of drug-likeness (QED) is 0.285. The number of hydrogen-bond donors (Lipinski definition) is 0. The van der Waals surface area contributed by atoms with Gasteiger partial charge in [-0.15, -0.1) is 0 Å². The predicted molar refractivity (Wildman–Crippen MR) is 127 cm³/mol. The average molecular weight is 605 g/mol. The zero-order valence-electron chi connectivity index (χ0n) is 14.6. The van der Waals surface area contributed by atoms with Crippen LogP contribution in [0, 0.1) is 0 Å². The molecule has 26 heavy (non-hydrogen) atoms. The monoisotopic (exact) mass is 601 g/mol. The van der Waals surface area contributed by atoms with Gasteiger partial charge in [-0.1, -0.05) is 59.9 Å². The summed E-state index contributed by atoms with van der Waals surface area (Å²) in [4.78, 5) is 2.23. The third-order valence-electron chi connectivity index (χ3n) is 4.37. The summed E-state index contributed by atoms with van der Waals surface area (Å²) in [7, 11) is 4.24. The maximum Gasteiger partial charge on any atom is 0.0333 e. The molecule has 0 aliphatic heterocycles. The van der Waals surface area contributed by atoms with E-state index in [-0.39, 0.29) is 0 Å². The zero-order chi connectivity index (χ0) is 18.8. The largest absolute Gasteiger partial charge is 0.309 e. The van der Waals surface area contributed by atoms with E-state index in [1.54, 1.807) is 0 Å². The average Bonchev–Trinajstić information content (AvgIpc) is 2.60. The van der Waals surface area contributed by atoms with E-state index in [2.05, 4.69) is 119 Å². The van der Waals surface area contributed by atoms with Gasteiger partial charge in [-0.25, -0.2) is 0 Å². The van der Waals surface area contributed by atoms with Gasteiger partial charge in [0.25, 0.3) is 0 Å². The number of halogens is 4. The lowest BCUT2D eigenvalue weighted by molar-refractivity contribution is 0.400. The van der Waals surface area contributed by atoms with Crippen molar-refractivity contribution in [2.45, 2.75) is 12.8 Å². The van der Waals surface area contributed by atoms with Crippen LogP contribution in [0.3, 0.4) is 0 Å². The molecule has 0 aliphatic carbocycles. The summed E-state index contributed by atoms with van der Waals surface area (Å²) in [6.07, 6.45) is 2.26. The van der Waals surface area contributed by atoms with E-state index >= 15 is 0 Å². The smallest absolute Gasteiger partial charge is 0.0333 e. The summed E-state index contributed by atoms with van der Waals surface area (Å²) in [5, 5.41) is 2.46. The first-order valence-electron chi connectivity index (χ1n) is 8.37. The van der Waals surface area contributed by atoms with E-state index in [0.717, 1.165) is 42.0 Å². The fourth-order valence-electron chi connectivity index (χ4n) is 3.05. The third-order valence-corrected chi connectivity index (χ3v) is 7.07. The Labute approximate surface area is 188 Å². The Hall–Kier alpha value is -0.200. The molecule has 3 aromatic rings. The molecular weight excluding hydrogens is 586 g/mol. The molecule has 0 saturated carbocycles. The minimum Gasteiger partial charge on any atom is -0.309 e. The lowest BCUT2D eigenvalue weighted by Crippen LogP contribution is -2.13. The first kappa shape index (κ1) is 20.5. The number of hydrogen-bond acceptors (Lipinski definition) is 1. The Morgan fingerprint density at radius 1 is 0.769 bits per heavy atom. The molecule has 0 radical (unpaired) electrons. The Balaban J connectivity index is 2.04. The molecule has 3 rings (SSSR count). The second-order valence-electron chi connectivity index (χ2n) is 6.63. The highest BCUT2D eigenvalue weighted by molar-refractivity contribution is 9.11. The van der Waals surface area contributed by atoms with Crippen molar-refractivity contribution in [2.75, 3.05) is 20.6 Å². The molecule has 0 N–H and O–H groups in total. The van der Waals surface area contributed by atoms with E-state index < -0.39 is 0 Å². The summed E-state index contributed by atoms with van der Waals surface area (Å²) in [5.41, 5.74) is 3.70. The van der Waals surface area contributed by atoms with Gasteiger partial charge in [0.15, 0.2) is 0 Å². The summed E-state index contributed by atoms with van der Waals surface area (Å²) < 4.78 is 4.38. The van der Waals surface area contributed by atoms with Crippen LogP contribution in [0.5, 0.6) is 0 Å². The molecule has 0 heterocycles. The van der Waals surface area contributed by atoms with Gasteiger partial charge in [0.1, 0.15) is 0 Å². The van der Waals surface area contributed by atoms with Crippen molar-refractivity contribution in [2.24, 2.45) is 0 Å². The number of benzene rings is 3. The van der Waals surface area contributed by atoms with Crippen LogP contribution in [-0.4, -0.2) is 25.5 Å². The van der Waals surface area contributed by atoms with Crippen molar-refractivity contribution < 1.29 is 0 Å². The second-order valence-corrected chi connectivity index (χ2v) is 10.0. The van der Waals surface area contributed by atoms with Crippen molar-refractivity contribution in [1.29, 1.82) is 0 Å². The third kappa shape index (κ3) is 4.61. The molecule has 0 aromatic heterocycles. The van der Waals surface area contributed by atoms with E-state index in [9.17, 15) is 0 Å². The van der Waals surface area contributed by atoms with Crippen LogP contribution in [-0.2, 0) is 6.42 Å². The van der Waals surface area contributed by atoms with Crippen molar-refractivity contribution in [3.63, 3.8) is 0 Å². The van der Waals surface area contributed by atoms with Crippen LogP contribution < -0.4 is 0 Å². The van der Waals surface area contributed by atoms with Crippen molar-refractivity contribution in [3.05, 3.63) is 65.9 Å². The molecule has 0 saturated heterocycles. The van der Waals surface area contributed by atoms with Crippen molar-refractivity contribution in [3.8, 4) is 11.1 Å². The molecule has 0 unspecified atom stereocenters. The highest BCUT2D eigenvalue weighted by atomic mass is 79.9. The molecule has 0 aliphatic rings. The van der Waals surface area contributed by atoms with Crippen LogP contribution in [0.25, 0.3) is 21.9 Å². The molecular formula is C21H19Br4N. The van der Waals surface area contributed by atoms with Gasteiger partial charge in [0.2, 0.25) is 0 Å². The molecule has 136 valence electrons. The number of fused-ring (bicyclic) bond motifs is 1. The first-order valence-corrected chi connectivity index (χ1v) is 11.5. The van der Waals surface area contributed by atoms with Crippen molar-refractivity contribution >= 4 is 74.5 Å². The summed E-state index contributed by atoms with van der Waals surface area (Å²) in [6.45, 7) is 1.11. The molecule has 0 atom stereocenters. The van der Waals surface area contributed by atoms with Gasteiger partial charge in [-0.2, -0.15) is 0 Å². The summed E-state index contributed by atoms with van der Waals surface area (Å²) in [5.74, 6) is 0. The highest BCUT2D eigenvalue weighted by Crippen LogP contribution is 2.42. The molecule has 5 heteroatoms. The second kappa shape index (κ2) is 8.87. The molecule has 0 bridgehead atoms. The lowest BCUT2D eigenvalue weighted by Gasteiger charge is -2.14. The minimum absolute atomic E-state index is 1.06. The zero-order valence-corrected chi connectivity index (χ0v) is 21.0. The van der Waals surface area contributed by atoms with Crippen LogP contribution in [0.4, 0.5) is 0 Å². The van der Waals surface area contributed by atoms with E-state index in [4.69, 9.17) is 0 Å². The Bertz CT molecular complexity index is 950. The Morgan fingerprint density at radius 2 is 1.54 bits per heavy atom. The maximum absolute atomic E-state index is 3.84. The Kier molecular flexibility index (Phi) is 7.00. The van der Waals surface area contributed by atoms with E-state index in [1.807, 2.05) is 6.07 Å². The summed E-state index contributed by atoms with van der Waals surface area (Å²) >= 11 is 14.9. The van der Waals surface area contributed by atoms with Crippen LogP contribution >= 0.6 is 63.7 Å². The van der Waals surface area contributed by atoms with Crippen molar-refractivity contribution in [1.82, 2.24) is 4.90 Å². The number of rotatable bonds is 5. The van der Waals surface area contributed by atoms with Crippen LogP contribution in [0.2, 0.25) is 0 Å². The summed E-state index contributed by atoms with van der Waals surface area (Å²) in [6, 6.07) is 15.2. The van der Waals surface area contributed by atoms with Gasteiger partial charge in [-0.05, 0) is 107 Å². The first-order chi connectivity index (χ1) is 12.4. The van der Waals surface area contributed by atoms with Gasteiger partial charge >= 0.3 is 0 Å². The van der Waals surface area contributed by atoms with E-state index in [0.29, 0.717) is 0 Å². The minimum atomic E-state index is 1.06.